The summed E-state index contributed by atoms with van der Waals surface area (Å²) in [6.07, 6.45) is 3.58. The molecule has 0 unspecified atom stereocenters. The molecule has 1 N–H and O–H groups in total. The monoisotopic (exact) mass is 272 g/mol. The summed E-state index contributed by atoms with van der Waals surface area (Å²) in [5.41, 5.74) is 2.15. The van der Waals surface area contributed by atoms with Gasteiger partial charge in [0.15, 0.2) is 0 Å². The van der Waals surface area contributed by atoms with E-state index in [1.54, 1.807) is 17.5 Å². The highest BCUT2D eigenvalue weighted by atomic mass is 32.1. The van der Waals surface area contributed by atoms with Crippen LogP contribution in [0.1, 0.15) is 21.2 Å². The summed E-state index contributed by atoms with van der Waals surface area (Å²) in [4.78, 5) is 20.5. The maximum absolute atomic E-state index is 12.0. The van der Waals surface area contributed by atoms with Crippen molar-refractivity contribution in [1.82, 2.24) is 19.7 Å². The van der Waals surface area contributed by atoms with Gasteiger partial charge in [-0.3, -0.25) is 4.79 Å². The standard InChI is InChI=1S/C13H12N4OS/c1-9-8-19-12(15-9)6-14-13(18)10-7-17-5-3-2-4-11(17)16-10/h2-5,7-8H,6H2,1H3,(H,14,18). The van der Waals surface area contributed by atoms with Crippen LogP contribution in [-0.4, -0.2) is 20.3 Å². The molecule has 0 aliphatic carbocycles. The number of carbonyl (C=O) groups is 1. The molecule has 0 aliphatic heterocycles. The summed E-state index contributed by atoms with van der Waals surface area (Å²) in [6, 6.07) is 5.65. The molecule has 3 heterocycles. The molecule has 3 rings (SSSR count). The van der Waals surface area contributed by atoms with Crippen LogP contribution in [0.5, 0.6) is 0 Å². The number of rotatable bonds is 3. The summed E-state index contributed by atoms with van der Waals surface area (Å²) < 4.78 is 1.82. The molecular formula is C13H12N4OS. The van der Waals surface area contributed by atoms with Gasteiger partial charge in [0.1, 0.15) is 16.3 Å². The molecule has 0 bridgehead atoms. The van der Waals surface area contributed by atoms with Crippen LogP contribution in [-0.2, 0) is 6.54 Å². The number of nitrogens with zero attached hydrogens (tertiary/aromatic N) is 3. The summed E-state index contributed by atoms with van der Waals surface area (Å²) >= 11 is 1.54. The fraction of sp³-hybridized carbons (Fsp3) is 0.154. The van der Waals surface area contributed by atoms with Crippen LogP contribution in [0.25, 0.3) is 5.65 Å². The van der Waals surface area contributed by atoms with E-state index in [1.807, 2.05) is 41.1 Å². The second-order valence-corrected chi connectivity index (χ2v) is 5.10. The summed E-state index contributed by atoms with van der Waals surface area (Å²) in [5, 5.41) is 5.69. The van der Waals surface area contributed by atoms with Crippen LogP contribution in [0.3, 0.4) is 0 Å². The van der Waals surface area contributed by atoms with Crippen LogP contribution >= 0.6 is 11.3 Å². The van der Waals surface area contributed by atoms with Crippen molar-refractivity contribution >= 4 is 22.9 Å². The van der Waals surface area contributed by atoms with Crippen LogP contribution in [0.2, 0.25) is 0 Å². The lowest BCUT2D eigenvalue weighted by Gasteiger charge is -1.99. The lowest BCUT2D eigenvalue weighted by Crippen LogP contribution is -2.23. The molecule has 5 nitrogen and oxygen atoms in total. The third-order valence-electron chi connectivity index (χ3n) is 2.66. The smallest absolute Gasteiger partial charge is 0.271 e. The Morgan fingerprint density at radius 2 is 2.32 bits per heavy atom. The van der Waals surface area contributed by atoms with E-state index in [2.05, 4.69) is 15.3 Å². The molecular weight excluding hydrogens is 260 g/mol. The maximum Gasteiger partial charge on any atom is 0.271 e. The van der Waals surface area contributed by atoms with Crippen molar-refractivity contribution in [2.45, 2.75) is 13.5 Å². The first-order valence-corrected chi connectivity index (χ1v) is 6.73. The van der Waals surface area contributed by atoms with Gasteiger partial charge in [0.25, 0.3) is 5.91 Å². The highest BCUT2D eigenvalue weighted by Crippen LogP contribution is 2.09. The molecule has 3 aromatic heterocycles. The van der Waals surface area contributed by atoms with Crippen molar-refractivity contribution in [2.24, 2.45) is 0 Å². The number of thiazole rings is 1. The molecule has 1 amide bonds. The normalized spacial score (nSPS) is 10.8. The molecule has 0 aliphatic rings. The Labute approximate surface area is 113 Å². The first-order chi connectivity index (χ1) is 9.22. The number of carbonyl (C=O) groups excluding carboxylic acids is 1. The molecule has 96 valence electrons. The minimum atomic E-state index is -0.184. The van der Waals surface area contributed by atoms with E-state index in [1.165, 1.54) is 0 Å². The van der Waals surface area contributed by atoms with Crippen molar-refractivity contribution in [1.29, 1.82) is 0 Å². The molecule has 0 atom stereocenters. The van der Waals surface area contributed by atoms with E-state index in [0.29, 0.717) is 12.2 Å². The van der Waals surface area contributed by atoms with E-state index in [4.69, 9.17) is 0 Å². The van der Waals surface area contributed by atoms with Crippen molar-refractivity contribution in [3.8, 4) is 0 Å². The molecule has 0 saturated carbocycles. The predicted octanol–water partition coefficient (Wildman–Crippen LogP) is 2.03. The zero-order chi connectivity index (χ0) is 13.2. The van der Waals surface area contributed by atoms with E-state index < -0.39 is 0 Å². The van der Waals surface area contributed by atoms with Crippen LogP contribution in [0.15, 0.2) is 36.0 Å². The largest absolute Gasteiger partial charge is 0.344 e. The van der Waals surface area contributed by atoms with Crippen molar-refractivity contribution in [2.75, 3.05) is 0 Å². The number of nitrogens with one attached hydrogen (secondary N) is 1. The van der Waals surface area contributed by atoms with Crippen LogP contribution < -0.4 is 5.32 Å². The number of fused-ring (bicyclic) bond motifs is 1. The molecule has 0 fully saturated rings. The zero-order valence-electron chi connectivity index (χ0n) is 10.3. The van der Waals surface area contributed by atoms with Crippen molar-refractivity contribution in [3.63, 3.8) is 0 Å². The Balaban J connectivity index is 1.73. The first-order valence-electron chi connectivity index (χ1n) is 5.85. The molecule has 6 heteroatoms. The van der Waals surface area contributed by atoms with Crippen molar-refractivity contribution < 1.29 is 4.79 Å². The van der Waals surface area contributed by atoms with E-state index in [0.717, 1.165) is 16.3 Å². The van der Waals surface area contributed by atoms with Gasteiger partial charge >= 0.3 is 0 Å². The maximum atomic E-state index is 12.0. The average Bonchev–Trinajstić information content (AvgIpc) is 3.01. The number of aryl methyl sites for hydroxylation is 1. The molecule has 0 saturated heterocycles. The number of hydrogen-bond donors (Lipinski definition) is 1. The lowest BCUT2D eigenvalue weighted by atomic mass is 10.4. The summed E-state index contributed by atoms with van der Waals surface area (Å²) in [7, 11) is 0. The Hall–Kier alpha value is -2.21. The molecule has 0 radical (unpaired) electrons. The van der Waals surface area contributed by atoms with Gasteiger partial charge in [-0.15, -0.1) is 11.3 Å². The number of aromatic nitrogens is 3. The zero-order valence-corrected chi connectivity index (χ0v) is 11.1. The Kier molecular flexibility index (Phi) is 3.00. The summed E-state index contributed by atoms with van der Waals surface area (Å²) in [5.74, 6) is -0.184. The molecule has 0 aromatic carbocycles. The quantitative estimate of drug-likeness (QED) is 0.793. The fourth-order valence-electron chi connectivity index (χ4n) is 1.77. The van der Waals surface area contributed by atoms with Crippen LogP contribution in [0, 0.1) is 6.92 Å². The minimum absolute atomic E-state index is 0.184. The molecule has 19 heavy (non-hydrogen) atoms. The average molecular weight is 272 g/mol. The minimum Gasteiger partial charge on any atom is -0.344 e. The number of pyridine rings is 1. The number of hydrogen-bond acceptors (Lipinski definition) is 4. The van der Waals surface area contributed by atoms with E-state index in [-0.39, 0.29) is 5.91 Å². The highest BCUT2D eigenvalue weighted by Gasteiger charge is 2.10. The van der Waals surface area contributed by atoms with Gasteiger partial charge in [0, 0.05) is 23.5 Å². The number of amides is 1. The van der Waals surface area contributed by atoms with Gasteiger partial charge in [-0.2, -0.15) is 0 Å². The van der Waals surface area contributed by atoms with Gasteiger partial charge in [-0.05, 0) is 19.1 Å². The second kappa shape index (κ2) is 4.81. The fourth-order valence-corrected chi connectivity index (χ4v) is 2.49. The third-order valence-corrected chi connectivity index (χ3v) is 3.63. The van der Waals surface area contributed by atoms with Gasteiger partial charge in [0.2, 0.25) is 0 Å². The molecule has 0 spiro atoms. The van der Waals surface area contributed by atoms with Crippen molar-refractivity contribution in [3.05, 3.63) is 52.4 Å². The number of imidazole rings is 1. The lowest BCUT2D eigenvalue weighted by molar-refractivity contribution is 0.0946. The Bertz CT molecular complexity index is 698. The molecule has 3 aromatic rings. The Morgan fingerprint density at radius 1 is 1.42 bits per heavy atom. The van der Waals surface area contributed by atoms with Crippen LogP contribution in [0.4, 0.5) is 0 Å². The van der Waals surface area contributed by atoms with Gasteiger partial charge < -0.3 is 9.72 Å². The van der Waals surface area contributed by atoms with E-state index in [9.17, 15) is 4.79 Å². The predicted molar refractivity (Wildman–Crippen MR) is 73.2 cm³/mol. The SMILES string of the molecule is Cc1csc(CNC(=O)c2cn3ccccc3n2)n1. The summed E-state index contributed by atoms with van der Waals surface area (Å²) in [6.45, 7) is 2.37. The first kappa shape index (κ1) is 11.9. The topological polar surface area (TPSA) is 59.3 Å². The third kappa shape index (κ3) is 2.48. The van der Waals surface area contributed by atoms with Gasteiger partial charge in [-0.25, -0.2) is 9.97 Å². The highest BCUT2D eigenvalue weighted by molar-refractivity contribution is 7.09. The second-order valence-electron chi connectivity index (χ2n) is 4.16. The Morgan fingerprint density at radius 3 is 3.05 bits per heavy atom. The van der Waals surface area contributed by atoms with E-state index >= 15 is 0 Å². The van der Waals surface area contributed by atoms with Gasteiger partial charge in [-0.1, -0.05) is 6.07 Å². The van der Waals surface area contributed by atoms with Gasteiger partial charge in [0.05, 0.1) is 6.54 Å².